The Bertz CT molecular complexity index is 1030. The van der Waals surface area contributed by atoms with Gasteiger partial charge in [-0.05, 0) is 37.3 Å². The number of nitrogens with zero attached hydrogens (tertiary/aromatic N) is 1. The minimum Gasteiger partial charge on any atom is -0.478 e. The topological polar surface area (TPSA) is 173 Å². The minimum absolute atomic E-state index is 0.101. The van der Waals surface area contributed by atoms with Crippen molar-refractivity contribution in [2.45, 2.75) is 65.1 Å². The fourth-order valence-electron chi connectivity index (χ4n) is 3.26. The van der Waals surface area contributed by atoms with Gasteiger partial charge in [0.1, 0.15) is 24.3 Å². The van der Waals surface area contributed by atoms with Crippen LogP contribution >= 0.6 is 0 Å². The Balaban J connectivity index is 2.94. The van der Waals surface area contributed by atoms with E-state index in [-0.39, 0.29) is 24.4 Å². The van der Waals surface area contributed by atoms with Crippen LogP contribution in [0.1, 0.15) is 46.5 Å². The van der Waals surface area contributed by atoms with Gasteiger partial charge < -0.3 is 30.4 Å². The van der Waals surface area contributed by atoms with Gasteiger partial charge in [0, 0.05) is 19.2 Å². The SMILES string of the molecule is CCC(C)C[C@@H](NC(=O)Cn1cccc(NC(=O)C(CCC=CC(=O)O)NC(C)=O)c1=O)C(=O)OC. The van der Waals surface area contributed by atoms with E-state index in [1.165, 1.54) is 38.4 Å². The summed E-state index contributed by atoms with van der Waals surface area (Å²) in [6.45, 7) is 4.73. The number of nitrogens with one attached hydrogen (secondary N) is 3. The lowest BCUT2D eigenvalue weighted by Gasteiger charge is -2.20. The Labute approximate surface area is 209 Å². The van der Waals surface area contributed by atoms with Crippen molar-refractivity contribution in [3.63, 3.8) is 0 Å². The Kier molecular flexibility index (Phi) is 12.6. The molecule has 2 unspecified atom stereocenters. The first-order valence-corrected chi connectivity index (χ1v) is 11.5. The lowest BCUT2D eigenvalue weighted by atomic mass is 9.99. The van der Waals surface area contributed by atoms with Gasteiger partial charge >= 0.3 is 11.9 Å². The van der Waals surface area contributed by atoms with Crippen LogP contribution in [0.3, 0.4) is 0 Å². The molecule has 0 aliphatic heterocycles. The average molecular weight is 507 g/mol. The van der Waals surface area contributed by atoms with Gasteiger partial charge in [-0.15, -0.1) is 0 Å². The molecule has 1 rings (SSSR count). The highest BCUT2D eigenvalue weighted by Crippen LogP contribution is 2.11. The van der Waals surface area contributed by atoms with Crippen LogP contribution in [0.25, 0.3) is 0 Å². The van der Waals surface area contributed by atoms with E-state index in [9.17, 15) is 28.8 Å². The second kappa shape index (κ2) is 15.1. The van der Waals surface area contributed by atoms with E-state index in [4.69, 9.17) is 9.84 Å². The first kappa shape index (κ1) is 30.1. The van der Waals surface area contributed by atoms with Crippen molar-refractivity contribution in [2.75, 3.05) is 12.4 Å². The monoisotopic (exact) mass is 506 g/mol. The molecule has 1 aromatic heterocycles. The zero-order valence-electron chi connectivity index (χ0n) is 20.9. The van der Waals surface area contributed by atoms with E-state index in [0.29, 0.717) is 6.42 Å². The third-order valence-electron chi connectivity index (χ3n) is 5.32. The molecule has 0 saturated carbocycles. The molecule has 0 radical (unpaired) electrons. The Morgan fingerprint density at radius 3 is 2.44 bits per heavy atom. The second-order valence-corrected chi connectivity index (χ2v) is 8.31. The lowest BCUT2D eigenvalue weighted by Crippen LogP contribution is -2.45. The van der Waals surface area contributed by atoms with Crippen LogP contribution < -0.4 is 21.5 Å². The molecule has 4 N–H and O–H groups in total. The molecule has 36 heavy (non-hydrogen) atoms. The molecule has 0 saturated heterocycles. The molecule has 0 aliphatic rings. The number of hydrogen-bond donors (Lipinski definition) is 4. The number of aromatic nitrogens is 1. The van der Waals surface area contributed by atoms with E-state index in [1.54, 1.807) is 0 Å². The van der Waals surface area contributed by atoms with Crippen molar-refractivity contribution in [3.05, 3.63) is 40.8 Å². The van der Waals surface area contributed by atoms with Crippen LogP contribution in [0.15, 0.2) is 35.3 Å². The summed E-state index contributed by atoms with van der Waals surface area (Å²) in [5.41, 5.74) is -0.777. The number of aliphatic carboxylic acids is 1. The van der Waals surface area contributed by atoms with Crippen LogP contribution in [-0.4, -0.2) is 58.5 Å². The molecule has 0 aliphatic carbocycles. The molecule has 12 nitrogen and oxygen atoms in total. The van der Waals surface area contributed by atoms with Gasteiger partial charge in [0.25, 0.3) is 5.56 Å². The van der Waals surface area contributed by atoms with Crippen LogP contribution in [0.4, 0.5) is 5.69 Å². The van der Waals surface area contributed by atoms with Gasteiger partial charge in [0.15, 0.2) is 0 Å². The summed E-state index contributed by atoms with van der Waals surface area (Å²) in [6.07, 6.45) is 5.12. The molecule has 0 fully saturated rings. The largest absolute Gasteiger partial charge is 0.478 e. The summed E-state index contributed by atoms with van der Waals surface area (Å²) in [6, 6.07) is 0.942. The van der Waals surface area contributed by atoms with Gasteiger partial charge in [-0.2, -0.15) is 0 Å². The quantitative estimate of drug-likeness (QED) is 0.212. The molecular formula is C24H34N4O8. The van der Waals surface area contributed by atoms with Crippen LogP contribution in [0, 0.1) is 5.92 Å². The Morgan fingerprint density at radius 1 is 1.17 bits per heavy atom. The summed E-state index contributed by atoms with van der Waals surface area (Å²) in [7, 11) is 1.23. The lowest BCUT2D eigenvalue weighted by molar-refractivity contribution is -0.145. The third-order valence-corrected chi connectivity index (χ3v) is 5.32. The molecule has 3 atom stereocenters. The Morgan fingerprint density at radius 2 is 1.86 bits per heavy atom. The number of amides is 3. The van der Waals surface area contributed by atoms with Gasteiger partial charge in [-0.25, -0.2) is 9.59 Å². The van der Waals surface area contributed by atoms with E-state index in [2.05, 4.69) is 16.0 Å². The number of ether oxygens (including phenoxy) is 1. The van der Waals surface area contributed by atoms with Crippen LogP contribution in [-0.2, 0) is 35.3 Å². The first-order chi connectivity index (χ1) is 17.0. The molecule has 1 heterocycles. The maximum atomic E-state index is 12.8. The molecule has 0 spiro atoms. The summed E-state index contributed by atoms with van der Waals surface area (Å²) < 4.78 is 5.83. The van der Waals surface area contributed by atoms with Crippen molar-refractivity contribution in [3.8, 4) is 0 Å². The van der Waals surface area contributed by atoms with E-state index in [1.807, 2.05) is 13.8 Å². The second-order valence-electron chi connectivity index (χ2n) is 8.31. The number of anilines is 1. The fraction of sp³-hybridized carbons (Fsp3) is 0.500. The molecule has 3 amide bonds. The fourth-order valence-corrected chi connectivity index (χ4v) is 3.26. The molecular weight excluding hydrogens is 472 g/mol. The molecule has 0 aromatic carbocycles. The minimum atomic E-state index is -1.14. The number of carboxylic acid groups (broad SMARTS) is 1. The van der Waals surface area contributed by atoms with Gasteiger partial charge in [0.05, 0.1) is 7.11 Å². The average Bonchev–Trinajstić information content (AvgIpc) is 2.81. The molecule has 1 aromatic rings. The maximum Gasteiger partial charge on any atom is 0.328 e. The van der Waals surface area contributed by atoms with Gasteiger partial charge in [-0.1, -0.05) is 26.3 Å². The smallest absolute Gasteiger partial charge is 0.328 e. The molecule has 12 heteroatoms. The zero-order valence-corrected chi connectivity index (χ0v) is 20.9. The van der Waals surface area contributed by atoms with Crippen molar-refractivity contribution in [1.82, 2.24) is 15.2 Å². The molecule has 0 bridgehead atoms. The molecule has 198 valence electrons. The number of carbonyl (C=O) groups is 5. The summed E-state index contributed by atoms with van der Waals surface area (Å²) in [5, 5.41) is 16.2. The van der Waals surface area contributed by atoms with Crippen LogP contribution in [0.5, 0.6) is 0 Å². The number of hydrogen-bond acceptors (Lipinski definition) is 7. The maximum absolute atomic E-state index is 12.8. The van der Waals surface area contributed by atoms with Crippen LogP contribution in [0.2, 0.25) is 0 Å². The van der Waals surface area contributed by atoms with Gasteiger partial charge in [0.2, 0.25) is 17.7 Å². The first-order valence-electron chi connectivity index (χ1n) is 11.5. The third kappa shape index (κ3) is 10.5. The number of allylic oxidation sites excluding steroid dienone is 1. The highest BCUT2D eigenvalue weighted by atomic mass is 16.5. The van der Waals surface area contributed by atoms with Gasteiger partial charge in [-0.3, -0.25) is 19.2 Å². The summed E-state index contributed by atoms with van der Waals surface area (Å²) in [5.74, 6) is -3.29. The number of esters is 1. The van der Waals surface area contributed by atoms with E-state index >= 15 is 0 Å². The summed E-state index contributed by atoms with van der Waals surface area (Å²) in [4.78, 5) is 72.2. The number of carbonyl (C=O) groups excluding carboxylic acids is 4. The normalized spacial score (nSPS) is 13.3. The predicted octanol–water partition coefficient (Wildman–Crippen LogP) is 0.807. The predicted molar refractivity (Wildman–Crippen MR) is 131 cm³/mol. The zero-order chi connectivity index (χ0) is 27.3. The van der Waals surface area contributed by atoms with Crippen molar-refractivity contribution in [2.24, 2.45) is 5.92 Å². The highest BCUT2D eigenvalue weighted by Gasteiger charge is 2.24. The highest BCUT2D eigenvalue weighted by molar-refractivity contribution is 5.96. The van der Waals surface area contributed by atoms with E-state index < -0.39 is 53.8 Å². The standard InChI is InChI=1S/C24H34N4O8/c1-5-15(2)13-19(24(35)36-4)26-20(30)14-28-12-8-10-18(23(28)34)27-22(33)17(25-16(3)29)9-6-7-11-21(31)32/h7-8,10-12,15,17,19H,5-6,9,13-14H2,1-4H3,(H,25,29)(H,26,30)(H,27,33)(H,31,32)/t15?,17?,19-/m1/s1. The van der Waals surface area contributed by atoms with E-state index in [0.717, 1.165) is 17.1 Å². The van der Waals surface area contributed by atoms with Crippen molar-refractivity contribution >= 4 is 35.3 Å². The Hall–Kier alpha value is -3.96. The number of pyridine rings is 1. The van der Waals surface area contributed by atoms with Crippen molar-refractivity contribution in [1.29, 1.82) is 0 Å². The summed E-state index contributed by atoms with van der Waals surface area (Å²) >= 11 is 0. The van der Waals surface area contributed by atoms with Crippen molar-refractivity contribution < 1.29 is 33.8 Å². The number of methoxy groups -OCH3 is 1. The number of rotatable bonds is 14. The number of carboxylic acids is 1.